The van der Waals surface area contributed by atoms with Crippen molar-refractivity contribution in [3.8, 4) is 0 Å². The van der Waals surface area contributed by atoms with Crippen LogP contribution in [0.15, 0.2) is 66.4 Å². The number of benzene rings is 3. The third kappa shape index (κ3) is 11.9. The van der Waals surface area contributed by atoms with Gasteiger partial charge in [0.25, 0.3) is 0 Å². The van der Waals surface area contributed by atoms with Crippen LogP contribution in [0.2, 0.25) is 0 Å². The SMILES string of the molecule is CC(/C=C(/C)[N-]c1c(C(C)C)cccc1C(C)C)=[NH+]c1c(C(C)C)cccc1C(C)C.CC(C)c1cccc(C(C)C)c1[NH+]=C[O-].[Mg+2]. The molecule has 0 heterocycles. The molecule has 0 unspecified atom stereocenters. The molecule has 0 saturated carbocycles. The van der Waals surface area contributed by atoms with Gasteiger partial charge in [-0.2, -0.15) is 5.70 Å². The minimum absolute atomic E-state index is 0. The average molecular weight is 648 g/mol. The van der Waals surface area contributed by atoms with Gasteiger partial charge >= 0.3 is 23.1 Å². The molecule has 0 radical (unpaired) electrons. The van der Waals surface area contributed by atoms with Crippen molar-refractivity contribution in [2.45, 2.75) is 132 Å². The van der Waals surface area contributed by atoms with E-state index in [1.54, 1.807) is 0 Å². The van der Waals surface area contributed by atoms with Crippen LogP contribution in [0, 0.1) is 0 Å². The summed E-state index contributed by atoms with van der Waals surface area (Å²) in [4.78, 5) is 6.54. The largest absolute Gasteiger partial charge is 2.00 e. The second-order valence-corrected chi connectivity index (χ2v) is 14.3. The molecule has 0 bridgehead atoms. The van der Waals surface area contributed by atoms with E-state index in [4.69, 9.17) is 5.32 Å². The van der Waals surface area contributed by atoms with Gasteiger partial charge in [0.15, 0.2) is 5.71 Å². The monoisotopic (exact) mass is 647 g/mol. The fourth-order valence-corrected chi connectivity index (χ4v) is 5.87. The molecule has 0 amide bonds. The topological polar surface area (TPSA) is 65.1 Å². The van der Waals surface area contributed by atoms with Crippen LogP contribution in [0.5, 0.6) is 0 Å². The van der Waals surface area contributed by atoms with Gasteiger partial charge in [0.2, 0.25) is 11.4 Å². The van der Waals surface area contributed by atoms with Crippen molar-refractivity contribution in [2.75, 3.05) is 0 Å². The molecule has 5 heteroatoms. The number of hydrogen-bond acceptors (Lipinski definition) is 1. The van der Waals surface area contributed by atoms with Crippen molar-refractivity contribution < 1.29 is 15.1 Å². The number of hydrogen-bond donors (Lipinski definition) is 2. The van der Waals surface area contributed by atoms with E-state index < -0.39 is 0 Å². The van der Waals surface area contributed by atoms with E-state index in [-0.39, 0.29) is 23.1 Å². The minimum Gasteiger partial charge on any atom is -0.829 e. The molecule has 0 aliphatic carbocycles. The van der Waals surface area contributed by atoms with Crippen LogP contribution in [0.4, 0.5) is 17.1 Å². The first-order chi connectivity index (χ1) is 21.6. The van der Waals surface area contributed by atoms with E-state index in [0.29, 0.717) is 35.5 Å². The maximum atomic E-state index is 10.6. The van der Waals surface area contributed by atoms with Gasteiger partial charge in [0.1, 0.15) is 6.40 Å². The van der Waals surface area contributed by atoms with E-state index in [9.17, 15) is 5.11 Å². The van der Waals surface area contributed by atoms with Crippen LogP contribution in [0.1, 0.15) is 166 Å². The molecule has 0 spiro atoms. The van der Waals surface area contributed by atoms with Crippen LogP contribution >= 0.6 is 0 Å². The standard InChI is InChI=1S/C29H41N2.C13H19NO.Mg/c1-18(2)24-13-11-14-25(19(3)4)28(24)30-22(9)17-23(10)31-29-26(20(5)6)15-12-16-27(29)21(7)8;1-9(2)11-6-5-7-12(10(3)4)13(11)14-8-15;/h11-21H,1-10H3;5-10H,1-4H3,(H,14,15);/q-1;;+2/p+1/b22-17-,31-23?;;. The Morgan fingerprint density at radius 2 is 0.872 bits per heavy atom. The maximum absolute atomic E-state index is 10.6. The fourth-order valence-electron chi connectivity index (χ4n) is 5.87. The van der Waals surface area contributed by atoms with Crippen LogP contribution in [0.3, 0.4) is 0 Å². The number of nitrogens with zero attached hydrogens (tertiary/aromatic N) is 1. The zero-order valence-corrected chi connectivity index (χ0v) is 33.3. The molecule has 250 valence electrons. The Hall–Kier alpha value is -2.89. The van der Waals surface area contributed by atoms with Gasteiger partial charge in [-0.05, 0) is 41.6 Å². The van der Waals surface area contributed by atoms with Crippen molar-refractivity contribution in [3.63, 3.8) is 0 Å². The fraction of sp³-hybridized carbons (Fsp3) is 0.476. The second-order valence-electron chi connectivity index (χ2n) is 14.3. The quantitative estimate of drug-likeness (QED) is 0.122. The van der Waals surface area contributed by atoms with Crippen molar-refractivity contribution in [1.29, 1.82) is 0 Å². The van der Waals surface area contributed by atoms with Gasteiger partial charge in [-0.3, -0.25) is 0 Å². The first kappa shape index (κ1) is 42.1. The second kappa shape index (κ2) is 19.8. The van der Waals surface area contributed by atoms with E-state index in [0.717, 1.165) is 29.2 Å². The molecular formula is C42H61MgN3O+2. The van der Waals surface area contributed by atoms with Gasteiger partial charge in [0, 0.05) is 29.2 Å². The average Bonchev–Trinajstić information content (AvgIpc) is 2.97. The molecule has 0 saturated heterocycles. The summed E-state index contributed by atoms with van der Waals surface area (Å²) in [6, 6.07) is 19.4. The minimum atomic E-state index is 0. The summed E-state index contributed by atoms with van der Waals surface area (Å²) < 4.78 is 0. The Labute approximate surface area is 303 Å². The van der Waals surface area contributed by atoms with Crippen LogP contribution < -0.4 is 15.1 Å². The molecule has 0 aliphatic rings. The summed E-state index contributed by atoms with van der Waals surface area (Å²) >= 11 is 0. The van der Waals surface area contributed by atoms with Gasteiger partial charge in [-0.1, -0.05) is 156 Å². The van der Waals surface area contributed by atoms with E-state index in [1.807, 2.05) is 0 Å². The third-order valence-electron chi connectivity index (χ3n) is 8.33. The predicted octanol–water partition coefficient (Wildman–Crippen LogP) is 8.62. The molecule has 0 atom stereocenters. The molecule has 0 aliphatic heterocycles. The zero-order chi connectivity index (χ0) is 34.7. The zero-order valence-electron chi connectivity index (χ0n) is 31.9. The summed E-state index contributed by atoms with van der Waals surface area (Å²) in [6.07, 6.45) is 2.93. The number of rotatable bonds is 11. The molecule has 3 rings (SSSR count). The van der Waals surface area contributed by atoms with Crippen molar-refractivity contribution in [1.82, 2.24) is 0 Å². The van der Waals surface area contributed by atoms with E-state index >= 15 is 0 Å². The van der Waals surface area contributed by atoms with Crippen molar-refractivity contribution >= 4 is 52.2 Å². The Morgan fingerprint density at radius 1 is 0.553 bits per heavy atom. The summed E-state index contributed by atoms with van der Waals surface area (Å²) in [5.41, 5.74) is 13.3. The Kier molecular flexibility index (Phi) is 17.8. The van der Waals surface area contributed by atoms with Gasteiger partial charge in [0.05, 0.1) is 0 Å². The predicted molar refractivity (Wildman–Crippen MR) is 204 cm³/mol. The molecule has 0 aromatic heterocycles. The van der Waals surface area contributed by atoms with E-state index in [1.165, 1.54) is 39.1 Å². The van der Waals surface area contributed by atoms with E-state index in [2.05, 4.69) is 168 Å². The summed E-state index contributed by atoms with van der Waals surface area (Å²) in [5.74, 6) is 2.67. The molecular weight excluding hydrogens is 587 g/mol. The molecule has 3 aromatic carbocycles. The first-order valence-electron chi connectivity index (χ1n) is 17.2. The Balaban J connectivity index is 0.000000580. The van der Waals surface area contributed by atoms with Crippen LogP contribution in [0.25, 0.3) is 5.32 Å². The third-order valence-corrected chi connectivity index (χ3v) is 8.33. The molecule has 3 aromatic rings. The van der Waals surface area contributed by atoms with Gasteiger partial charge in [-0.15, -0.1) is 5.69 Å². The molecule has 0 fully saturated rings. The Morgan fingerprint density at radius 3 is 1.19 bits per heavy atom. The van der Waals surface area contributed by atoms with Crippen molar-refractivity contribution in [3.05, 3.63) is 105 Å². The summed E-state index contributed by atoms with van der Waals surface area (Å²) in [5, 5.41) is 15.7. The van der Waals surface area contributed by atoms with Gasteiger partial charge in [-0.25, -0.2) is 9.98 Å². The van der Waals surface area contributed by atoms with Crippen molar-refractivity contribution in [2.24, 2.45) is 0 Å². The molecule has 47 heavy (non-hydrogen) atoms. The van der Waals surface area contributed by atoms with Gasteiger partial charge < -0.3 is 10.4 Å². The normalized spacial score (nSPS) is 12.4. The van der Waals surface area contributed by atoms with Crippen LogP contribution in [-0.4, -0.2) is 35.2 Å². The smallest absolute Gasteiger partial charge is 0.829 e. The summed E-state index contributed by atoms with van der Waals surface area (Å²) in [6.45, 7) is 30.8. The maximum Gasteiger partial charge on any atom is 2.00 e. The summed E-state index contributed by atoms with van der Waals surface area (Å²) in [7, 11) is 0. The number of para-hydroxylation sites is 3. The Bertz CT molecular complexity index is 1430. The van der Waals surface area contributed by atoms with Crippen LogP contribution in [-0.2, 0) is 0 Å². The number of nitrogens with one attached hydrogen (secondary N) is 2. The molecule has 2 N–H and O–H groups in total. The number of allylic oxidation sites excluding steroid dienone is 2. The molecule has 4 nitrogen and oxygen atoms in total. The first-order valence-corrected chi connectivity index (χ1v) is 17.2.